The number of rotatable bonds is 15. The zero-order chi connectivity index (χ0) is 62.1. The molecule has 442 valence electrons. The van der Waals surface area contributed by atoms with Gasteiger partial charge in [-0.3, -0.25) is 0 Å². The summed E-state index contributed by atoms with van der Waals surface area (Å²) in [6, 6.07) is 113. The molecule has 0 unspecified atom stereocenters. The molecular weight excluding hydrogens is 1110 g/mol. The lowest BCUT2D eigenvalue weighted by Crippen LogP contribution is -2.14. The first-order valence-electron chi connectivity index (χ1n) is 32.4. The predicted octanol–water partition coefficient (Wildman–Crippen LogP) is 25.9. The normalized spacial score (nSPS) is 11.8. The standard InChI is InChI=1S/C88H70N4/c1-57(2)61-29-43-72(44-30-61)91(69-23-14-9-15-24-69)81-55-82(78-51-37-65-18-16-17-64-36-50-77(81)87(78)85(64)65)92(73-45-31-62(32-46-73)58(3)4)74-47-33-63(34-48-74)75-49-35-66-38-52-79-83(89(67-19-10-7-11-20-67)70-39-25-59(5)26-40-70)56-84(80-54-53-76(75)86(66)88(79)80)90(68-21-12-8-13-22-68)71-41-27-60(6)28-42-71/h7-58H,1-6H3. The Morgan fingerprint density at radius 2 is 0.522 bits per heavy atom. The van der Waals surface area contributed by atoms with Gasteiger partial charge in [-0.05, 0) is 189 Å². The maximum atomic E-state index is 2.50. The highest BCUT2D eigenvalue weighted by atomic mass is 15.2. The van der Waals surface area contributed by atoms with Gasteiger partial charge >= 0.3 is 0 Å². The van der Waals surface area contributed by atoms with E-state index in [0.717, 1.165) is 73.8 Å². The summed E-state index contributed by atoms with van der Waals surface area (Å²) in [7, 11) is 0. The lowest BCUT2D eigenvalue weighted by atomic mass is 9.88. The van der Waals surface area contributed by atoms with E-state index in [9.17, 15) is 0 Å². The van der Waals surface area contributed by atoms with Crippen LogP contribution in [0.2, 0.25) is 0 Å². The van der Waals surface area contributed by atoms with Crippen molar-refractivity contribution < 1.29 is 0 Å². The Bertz CT molecular complexity index is 5190. The van der Waals surface area contributed by atoms with Crippen molar-refractivity contribution >= 4 is 133 Å². The van der Waals surface area contributed by atoms with E-state index in [1.54, 1.807) is 0 Å². The van der Waals surface area contributed by atoms with Crippen molar-refractivity contribution in [3.8, 4) is 11.1 Å². The van der Waals surface area contributed by atoms with Gasteiger partial charge in [-0.25, -0.2) is 0 Å². The molecule has 0 aliphatic carbocycles. The van der Waals surface area contributed by atoms with Gasteiger partial charge in [0.05, 0.1) is 22.7 Å². The Morgan fingerprint density at radius 3 is 0.891 bits per heavy atom. The van der Waals surface area contributed by atoms with E-state index < -0.39 is 0 Å². The van der Waals surface area contributed by atoms with Crippen LogP contribution in [0.4, 0.5) is 68.2 Å². The van der Waals surface area contributed by atoms with E-state index >= 15 is 0 Å². The minimum atomic E-state index is 0.384. The third-order valence-corrected chi connectivity index (χ3v) is 19.0. The van der Waals surface area contributed by atoms with Gasteiger partial charge in [0, 0.05) is 77.8 Å². The van der Waals surface area contributed by atoms with Crippen molar-refractivity contribution in [2.75, 3.05) is 19.6 Å². The fourth-order valence-corrected chi connectivity index (χ4v) is 14.3. The molecule has 92 heavy (non-hydrogen) atoms. The Balaban J connectivity index is 0.917. The van der Waals surface area contributed by atoms with Crippen molar-refractivity contribution in [1.82, 2.24) is 0 Å². The van der Waals surface area contributed by atoms with Gasteiger partial charge in [0.1, 0.15) is 0 Å². The highest BCUT2D eigenvalue weighted by Gasteiger charge is 2.28. The summed E-state index contributed by atoms with van der Waals surface area (Å²) < 4.78 is 0. The van der Waals surface area contributed by atoms with Crippen molar-refractivity contribution in [3.05, 3.63) is 326 Å². The van der Waals surface area contributed by atoms with Crippen LogP contribution in [0.5, 0.6) is 0 Å². The zero-order valence-corrected chi connectivity index (χ0v) is 52.8. The number of hydrogen-bond acceptors (Lipinski definition) is 4. The molecule has 0 aliphatic rings. The van der Waals surface area contributed by atoms with E-state index in [1.165, 1.54) is 92.5 Å². The summed E-state index contributed by atoms with van der Waals surface area (Å²) in [6.07, 6.45) is 0. The van der Waals surface area contributed by atoms with Crippen molar-refractivity contribution in [2.45, 2.75) is 53.4 Å². The van der Waals surface area contributed by atoms with Gasteiger partial charge in [0.2, 0.25) is 0 Å². The van der Waals surface area contributed by atoms with Crippen LogP contribution in [0.3, 0.4) is 0 Å². The summed E-state index contributed by atoms with van der Waals surface area (Å²) >= 11 is 0. The van der Waals surface area contributed by atoms with Gasteiger partial charge in [-0.1, -0.05) is 233 Å². The second-order valence-electron chi connectivity index (χ2n) is 25.4. The molecular formula is C88H70N4. The maximum Gasteiger partial charge on any atom is 0.0561 e. The maximum absolute atomic E-state index is 2.50. The molecule has 0 aliphatic heterocycles. The lowest BCUT2D eigenvalue weighted by Gasteiger charge is -2.32. The van der Waals surface area contributed by atoms with Gasteiger partial charge in [-0.2, -0.15) is 0 Å². The highest BCUT2D eigenvalue weighted by Crippen LogP contribution is 2.54. The Morgan fingerprint density at radius 1 is 0.228 bits per heavy atom. The van der Waals surface area contributed by atoms with Gasteiger partial charge in [-0.15, -0.1) is 0 Å². The lowest BCUT2D eigenvalue weighted by molar-refractivity contribution is 0.866. The molecule has 4 nitrogen and oxygen atoms in total. The van der Waals surface area contributed by atoms with E-state index in [-0.39, 0.29) is 0 Å². The van der Waals surface area contributed by atoms with E-state index in [2.05, 4.69) is 364 Å². The Kier molecular flexibility index (Phi) is 14.0. The smallest absolute Gasteiger partial charge is 0.0561 e. The van der Waals surface area contributed by atoms with Crippen LogP contribution in [0.15, 0.2) is 303 Å². The van der Waals surface area contributed by atoms with Crippen LogP contribution in [0, 0.1) is 13.8 Å². The molecule has 16 aromatic rings. The topological polar surface area (TPSA) is 13.0 Å². The van der Waals surface area contributed by atoms with Crippen LogP contribution in [0.25, 0.3) is 75.8 Å². The number of aryl methyl sites for hydroxylation is 2. The molecule has 4 heteroatoms. The SMILES string of the molecule is Cc1ccc(N(c2ccccc2)c2cc(N(c3ccccc3)c3ccc(C)cc3)c3ccc4c(-c5ccc(N(c6ccc(C(C)C)cc6)c6cc(N(c7ccccc7)c7ccc(C(C)C)cc7)c7ccc8cccc9ccc6c7c89)cc5)ccc5ccc2c3c54)cc1. The molecule has 16 rings (SSSR count). The molecule has 0 saturated heterocycles. The quantitative estimate of drug-likeness (QED) is 0.0949. The van der Waals surface area contributed by atoms with Crippen LogP contribution in [0.1, 0.15) is 61.8 Å². The summed E-state index contributed by atoms with van der Waals surface area (Å²) in [5.41, 5.74) is 20.6. The van der Waals surface area contributed by atoms with E-state index in [1.807, 2.05) is 0 Å². The minimum Gasteiger partial charge on any atom is -0.310 e. The molecule has 0 atom stereocenters. The van der Waals surface area contributed by atoms with E-state index in [0.29, 0.717) is 11.8 Å². The molecule has 0 radical (unpaired) electrons. The number of anilines is 12. The number of hydrogen-bond donors (Lipinski definition) is 0. The second kappa shape index (κ2) is 23.0. The predicted molar refractivity (Wildman–Crippen MR) is 396 cm³/mol. The summed E-state index contributed by atoms with van der Waals surface area (Å²) in [6.45, 7) is 13.4. The van der Waals surface area contributed by atoms with E-state index in [4.69, 9.17) is 0 Å². The molecule has 0 fully saturated rings. The summed E-state index contributed by atoms with van der Waals surface area (Å²) in [5, 5.41) is 14.6. The number of benzene rings is 16. The molecule has 0 saturated carbocycles. The van der Waals surface area contributed by atoms with Gasteiger partial charge in [0.25, 0.3) is 0 Å². The third-order valence-electron chi connectivity index (χ3n) is 19.0. The first-order valence-corrected chi connectivity index (χ1v) is 32.4. The van der Waals surface area contributed by atoms with Crippen LogP contribution in [-0.4, -0.2) is 0 Å². The van der Waals surface area contributed by atoms with Crippen molar-refractivity contribution in [2.24, 2.45) is 0 Å². The van der Waals surface area contributed by atoms with Gasteiger partial charge < -0.3 is 19.6 Å². The first kappa shape index (κ1) is 56.1. The van der Waals surface area contributed by atoms with Crippen LogP contribution < -0.4 is 19.6 Å². The minimum absolute atomic E-state index is 0.384. The Hall–Kier alpha value is -11.2. The summed E-state index contributed by atoms with van der Waals surface area (Å²) in [4.78, 5) is 9.86. The first-order chi connectivity index (χ1) is 45.1. The molecule has 0 heterocycles. The van der Waals surface area contributed by atoms with Crippen molar-refractivity contribution in [3.63, 3.8) is 0 Å². The third kappa shape index (κ3) is 9.70. The average molecular weight is 1180 g/mol. The highest BCUT2D eigenvalue weighted by molar-refractivity contribution is 6.31. The zero-order valence-electron chi connectivity index (χ0n) is 52.8. The van der Waals surface area contributed by atoms with Crippen LogP contribution >= 0.6 is 0 Å². The monoisotopic (exact) mass is 1180 g/mol. The fraction of sp³-hybridized carbons (Fsp3) is 0.0909. The molecule has 0 spiro atoms. The number of para-hydroxylation sites is 3. The molecule has 16 aromatic carbocycles. The number of nitrogens with zero attached hydrogens (tertiary/aromatic N) is 4. The summed E-state index contributed by atoms with van der Waals surface area (Å²) in [5.74, 6) is 0.796. The molecule has 0 bridgehead atoms. The fourth-order valence-electron chi connectivity index (χ4n) is 14.3. The molecule has 0 amide bonds. The van der Waals surface area contributed by atoms with Crippen LogP contribution in [-0.2, 0) is 0 Å². The van der Waals surface area contributed by atoms with Crippen molar-refractivity contribution in [1.29, 1.82) is 0 Å². The second-order valence-corrected chi connectivity index (χ2v) is 25.4. The Labute approximate surface area is 539 Å². The largest absolute Gasteiger partial charge is 0.310 e. The van der Waals surface area contributed by atoms with Gasteiger partial charge in [0.15, 0.2) is 0 Å². The average Bonchev–Trinajstić information content (AvgIpc) is 0.730. The molecule has 0 N–H and O–H groups in total. The molecule has 0 aromatic heterocycles.